The molecule has 0 aliphatic carbocycles. The van der Waals surface area contributed by atoms with Crippen molar-refractivity contribution in [3.05, 3.63) is 0 Å². The molecule has 0 aromatic rings. The van der Waals surface area contributed by atoms with Gasteiger partial charge in [-0.2, -0.15) is 0 Å². The molecule has 80 valence electrons. The highest BCUT2D eigenvalue weighted by Crippen LogP contribution is 2.14. The van der Waals surface area contributed by atoms with Gasteiger partial charge in [0.15, 0.2) is 0 Å². The van der Waals surface area contributed by atoms with E-state index >= 15 is 0 Å². The predicted octanol–water partition coefficient (Wildman–Crippen LogP) is 2.60. The molecule has 0 aromatic heterocycles. The Bertz CT molecular complexity index is 104. The molecular formula is C11H24O2. The van der Waals surface area contributed by atoms with E-state index in [0.29, 0.717) is 5.92 Å². The fraction of sp³-hybridized carbons (Fsp3) is 1.00. The normalized spacial score (nSPS) is 15.7. The molecule has 2 heteroatoms. The van der Waals surface area contributed by atoms with Crippen molar-refractivity contribution in [3.63, 3.8) is 0 Å². The van der Waals surface area contributed by atoms with Gasteiger partial charge in [-0.15, -0.1) is 0 Å². The molecule has 1 N–H and O–H groups in total. The van der Waals surface area contributed by atoms with Crippen LogP contribution in [0.3, 0.4) is 0 Å². The van der Waals surface area contributed by atoms with Gasteiger partial charge in [-0.1, -0.05) is 20.3 Å². The fourth-order valence-electron chi connectivity index (χ4n) is 1.47. The Hall–Kier alpha value is -0.0800. The van der Waals surface area contributed by atoms with Gasteiger partial charge >= 0.3 is 0 Å². The van der Waals surface area contributed by atoms with Gasteiger partial charge in [0.05, 0.1) is 6.10 Å². The van der Waals surface area contributed by atoms with E-state index in [1.807, 2.05) is 6.92 Å². The summed E-state index contributed by atoms with van der Waals surface area (Å²) in [5, 5.41) is 9.69. The number of aliphatic hydroxyl groups is 1. The molecule has 0 saturated heterocycles. The minimum Gasteiger partial charge on any atom is -0.393 e. The minimum absolute atomic E-state index is 0.139. The van der Waals surface area contributed by atoms with E-state index in [2.05, 4.69) is 13.8 Å². The van der Waals surface area contributed by atoms with Crippen LogP contribution in [-0.2, 0) is 4.74 Å². The van der Waals surface area contributed by atoms with Crippen LogP contribution in [0.2, 0.25) is 0 Å². The highest BCUT2D eigenvalue weighted by molar-refractivity contribution is 4.63. The van der Waals surface area contributed by atoms with Crippen molar-refractivity contribution >= 4 is 0 Å². The van der Waals surface area contributed by atoms with Crippen molar-refractivity contribution in [1.29, 1.82) is 0 Å². The van der Waals surface area contributed by atoms with Gasteiger partial charge in [-0.3, -0.25) is 0 Å². The van der Waals surface area contributed by atoms with Gasteiger partial charge in [0.1, 0.15) is 0 Å². The maximum Gasteiger partial charge on any atom is 0.0566 e. The Morgan fingerprint density at radius 2 is 1.92 bits per heavy atom. The van der Waals surface area contributed by atoms with Crippen molar-refractivity contribution in [1.82, 2.24) is 0 Å². The maximum absolute atomic E-state index is 9.69. The average molecular weight is 188 g/mol. The van der Waals surface area contributed by atoms with Gasteiger partial charge in [0.2, 0.25) is 0 Å². The summed E-state index contributed by atoms with van der Waals surface area (Å²) < 4.78 is 5.21. The molecule has 0 fully saturated rings. The summed E-state index contributed by atoms with van der Waals surface area (Å²) in [7, 11) is 0. The molecule has 0 heterocycles. The van der Waals surface area contributed by atoms with Crippen LogP contribution in [0.4, 0.5) is 0 Å². The van der Waals surface area contributed by atoms with Crippen LogP contribution in [0, 0.1) is 5.92 Å². The summed E-state index contributed by atoms with van der Waals surface area (Å²) >= 11 is 0. The molecule has 2 atom stereocenters. The second-order valence-corrected chi connectivity index (χ2v) is 3.67. The summed E-state index contributed by atoms with van der Waals surface area (Å²) in [6, 6.07) is 0. The van der Waals surface area contributed by atoms with E-state index < -0.39 is 0 Å². The SMILES string of the molecule is CCCC(C)C(O)CCCOCC. The Kier molecular flexibility index (Phi) is 8.46. The Morgan fingerprint density at radius 3 is 2.46 bits per heavy atom. The van der Waals surface area contributed by atoms with Crippen LogP contribution in [0.1, 0.15) is 46.5 Å². The van der Waals surface area contributed by atoms with Crippen molar-refractivity contribution in [3.8, 4) is 0 Å². The first-order chi connectivity index (χ1) is 6.22. The Morgan fingerprint density at radius 1 is 1.23 bits per heavy atom. The van der Waals surface area contributed by atoms with Gasteiger partial charge in [-0.05, 0) is 32.1 Å². The van der Waals surface area contributed by atoms with E-state index in [0.717, 1.165) is 38.9 Å². The van der Waals surface area contributed by atoms with Gasteiger partial charge in [-0.25, -0.2) is 0 Å². The molecule has 0 bridgehead atoms. The summed E-state index contributed by atoms with van der Waals surface area (Å²) in [4.78, 5) is 0. The number of rotatable bonds is 8. The lowest BCUT2D eigenvalue weighted by Gasteiger charge is -2.17. The van der Waals surface area contributed by atoms with Crippen LogP contribution in [0.15, 0.2) is 0 Å². The minimum atomic E-state index is -0.139. The third kappa shape index (κ3) is 7.03. The van der Waals surface area contributed by atoms with Crippen LogP contribution < -0.4 is 0 Å². The maximum atomic E-state index is 9.69. The van der Waals surface area contributed by atoms with Crippen LogP contribution in [-0.4, -0.2) is 24.4 Å². The smallest absolute Gasteiger partial charge is 0.0566 e. The molecule has 0 saturated carbocycles. The summed E-state index contributed by atoms with van der Waals surface area (Å²) in [6.45, 7) is 7.83. The fourth-order valence-corrected chi connectivity index (χ4v) is 1.47. The Balaban J connectivity index is 3.32. The van der Waals surface area contributed by atoms with Gasteiger partial charge in [0, 0.05) is 13.2 Å². The van der Waals surface area contributed by atoms with E-state index in [1.54, 1.807) is 0 Å². The van der Waals surface area contributed by atoms with Crippen molar-refractivity contribution in [2.75, 3.05) is 13.2 Å². The van der Waals surface area contributed by atoms with E-state index in [-0.39, 0.29) is 6.10 Å². The van der Waals surface area contributed by atoms with Crippen LogP contribution >= 0.6 is 0 Å². The zero-order valence-corrected chi connectivity index (χ0v) is 9.25. The van der Waals surface area contributed by atoms with Crippen molar-refractivity contribution in [2.45, 2.75) is 52.6 Å². The highest BCUT2D eigenvalue weighted by atomic mass is 16.5. The summed E-state index contributed by atoms with van der Waals surface area (Å²) in [6.07, 6.45) is 3.99. The summed E-state index contributed by atoms with van der Waals surface area (Å²) in [5.41, 5.74) is 0. The predicted molar refractivity (Wildman–Crippen MR) is 55.8 cm³/mol. The zero-order chi connectivity index (χ0) is 10.1. The number of hydrogen-bond acceptors (Lipinski definition) is 2. The lowest BCUT2D eigenvalue weighted by molar-refractivity contribution is 0.0806. The zero-order valence-electron chi connectivity index (χ0n) is 9.25. The first kappa shape index (κ1) is 12.9. The third-order valence-corrected chi connectivity index (χ3v) is 2.39. The number of hydrogen-bond donors (Lipinski definition) is 1. The van der Waals surface area contributed by atoms with Crippen molar-refractivity contribution in [2.24, 2.45) is 5.92 Å². The largest absolute Gasteiger partial charge is 0.393 e. The topological polar surface area (TPSA) is 29.5 Å². The molecule has 2 unspecified atom stereocenters. The molecule has 0 amide bonds. The highest BCUT2D eigenvalue weighted by Gasteiger charge is 2.12. The summed E-state index contributed by atoms with van der Waals surface area (Å²) in [5.74, 6) is 0.437. The van der Waals surface area contributed by atoms with E-state index in [9.17, 15) is 5.11 Å². The molecule has 0 aliphatic rings. The number of ether oxygens (including phenoxy) is 1. The third-order valence-electron chi connectivity index (χ3n) is 2.39. The molecular weight excluding hydrogens is 164 g/mol. The molecule has 2 nitrogen and oxygen atoms in total. The van der Waals surface area contributed by atoms with Gasteiger partial charge in [0.25, 0.3) is 0 Å². The van der Waals surface area contributed by atoms with Crippen LogP contribution in [0.5, 0.6) is 0 Å². The monoisotopic (exact) mass is 188 g/mol. The van der Waals surface area contributed by atoms with Crippen molar-refractivity contribution < 1.29 is 9.84 Å². The second kappa shape index (κ2) is 8.52. The second-order valence-electron chi connectivity index (χ2n) is 3.67. The number of aliphatic hydroxyl groups excluding tert-OH is 1. The van der Waals surface area contributed by atoms with E-state index in [1.165, 1.54) is 0 Å². The molecule has 13 heavy (non-hydrogen) atoms. The standard InChI is InChI=1S/C11H24O2/c1-4-7-10(3)11(12)8-6-9-13-5-2/h10-12H,4-9H2,1-3H3. The lowest BCUT2D eigenvalue weighted by Crippen LogP contribution is -2.17. The molecule has 0 radical (unpaired) electrons. The molecule has 0 rings (SSSR count). The lowest BCUT2D eigenvalue weighted by atomic mass is 9.96. The quantitative estimate of drug-likeness (QED) is 0.593. The van der Waals surface area contributed by atoms with Crippen LogP contribution in [0.25, 0.3) is 0 Å². The molecule has 0 aromatic carbocycles. The van der Waals surface area contributed by atoms with E-state index in [4.69, 9.17) is 4.74 Å². The Labute approximate surface area is 82.3 Å². The van der Waals surface area contributed by atoms with Gasteiger partial charge < -0.3 is 9.84 Å². The molecule has 0 aliphatic heterocycles. The molecule has 0 spiro atoms. The first-order valence-corrected chi connectivity index (χ1v) is 5.48. The average Bonchev–Trinajstić information content (AvgIpc) is 2.12. The first-order valence-electron chi connectivity index (χ1n) is 5.48.